The summed E-state index contributed by atoms with van der Waals surface area (Å²) in [5.74, 6) is -0.377. The smallest absolute Gasteiger partial charge is 0.229 e. The molecule has 1 aromatic rings. The molecule has 0 aliphatic heterocycles. The predicted octanol–water partition coefficient (Wildman–Crippen LogP) is 1.60. The Labute approximate surface area is 113 Å². The predicted molar refractivity (Wildman–Crippen MR) is 74.1 cm³/mol. The maximum atomic E-state index is 11.1. The van der Waals surface area contributed by atoms with Gasteiger partial charge < -0.3 is 5.73 Å². The van der Waals surface area contributed by atoms with Crippen LogP contribution in [0.25, 0.3) is 0 Å². The van der Waals surface area contributed by atoms with Crippen molar-refractivity contribution in [3.63, 3.8) is 0 Å². The van der Waals surface area contributed by atoms with Crippen molar-refractivity contribution in [1.82, 2.24) is 4.98 Å². The van der Waals surface area contributed by atoms with Crippen molar-refractivity contribution in [2.75, 3.05) is 12.5 Å². The summed E-state index contributed by atoms with van der Waals surface area (Å²) < 4.78 is 10.3. The Hall–Kier alpha value is -0.750. The van der Waals surface area contributed by atoms with Crippen molar-refractivity contribution in [2.24, 2.45) is 5.73 Å². The molecule has 96 valence electrons. The number of hydrogen-bond donors (Lipinski definition) is 1. The zero-order valence-electron chi connectivity index (χ0n) is 10.4. The molecule has 2 N–H and O–H groups in total. The first kappa shape index (κ1) is 16.2. The summed E-state index contributed by atoms with van der Waals surface area (Å²) in [7, 11) is -0.611. The molecule has 0 aliphatic carbocycles. The highest BCUT2D eigenvalue weighted by molar-refractivity contribution is 9.10. The van der Waals surface area contributed by atoms with Crippen LogP contribution in [0.4, 0.5) is 0 Å². The van der Waals surface area contributed by atoms with E-state index in [2.05, 4.69) is 20.9 Å². The molecule has 0 radical (unpaired) electrons. The normalized spacial score (nSPS) is 10.7. The van der Waals surface area contributed by atoms with E-state index in [1.54, 1.807) is 38.5 Å². The van der Waals surface area contributed by atoms with Crippen LogP contribution in [0.15, 0.2) is 22.8 Å². The molecule has 1 aromatic heterocycles. The summed E-state index contributed by atoms with van der Waals surface area (Å²) in [6, 6.07) is 5.42. The van der Waals surface area contributed by atoms with Crippen molar-refractivity contribution < 1.29 is 9.00 Å². The summed E-state index contributed by atoms with van der Waals surface area (Å²) in [6.45, 7) is 3.51. The third kappa shape index (κ3) is 5.93. The number of pyridine rings is 1. The van der Waals surface area contributed by atoms with Gasteiger partial charge in [0.05, 0.1) is 11.1 Å². The van der Waals surface area contributed by atoms with Gasteiger partial charge in [-0.15, -0.1) is 0 Å². The molecular formula is C11H17BrN2O2S. The molecule has 0 unspecified atom stereocenters. The first-order chi connectivity index (χ1) is 7.67. The average molecular weight is 321 g/mol. The number of carbonyl (C=O) groups is 1. The number of nitrogens with zero attached hydrogens (tertiary/aromatic N) is 1. The lowest BCUT2D eigenvalue weighted by Gasteiger charge is -2.19. The van der Waals surface area contributed by atoms with Crippen LogP contribution in [-0.2, 0) is 21.0 Å². The van der Waals surface area contributed by atoms with E-state index in [1.807, 2.05) is 6.07 Å². The minimum Gasteiger partial charge on any atom is -0.369 e. The Morgan fingerprint density at radius 3 is 2.24 bits per heavy atom. The number of hydrogen-bond acceptors (Lipinski definition) is 3. The topological polar surface area (TPSA) is 73.1 Å². The molecule has 1 rings (SSSR count). The van der Waals surface area contributed by atoms with Gasteiger partial charge >= 0.3 is 0 Å². The average Bonchev–Trinajstić information content (AvgIpc) is 2.16. The number of aromatic nitrogens is 1. The SMILES string of the molecule is CC(C)(C(N)=O)c1cccc(Br)n1.CS(C)=O. The van der Waals surface area contributed by atoms with Crippen molar-refractivity contribution in [3.8, 4) is 0 Å². The van der Waals surface area contributed by atoms with Crippen LogP contribution in [0.5, 0.6) is 0 Å². The summed E-state index contributed by atoms with van der Waals surface area (Å²) >= 11 is 3.24. The van der Waals surface area contributed by atoms with Crippen molar-refractivity contribution >= 4 is 32.6 Å². The molecule has 1 heterocycles. The fourth-order valence-corrected chi connectivity index (χ4v) is 1.23. The van der Waals surface area contributed by atoms with E-state index in [4.69, 9.17) is 5.73 Å². The molecule has 0 aromatic carbocycles. The summed E-state index contributed by atoms with van der Waals surface area (Å²) in [4.78, 5) is 15.3. The van der Waals surface area contributed by atoms with E-state index >= 15 is 0 Å². The van der Waals surface area contributed by atoms with E-state index in [0.717, 1.165) is 0 Å². The van der Waals surface area contributed by atoms with Gasteiger partial charge in [-0.1, -0.05) is 6.07 Å². The van der Waals surface area contributed by atoms with Crippen LogP contribution in [-0.4, -0.2) is 27.6 Å². The van der Waals surface area contributed by atoms with Gasteiger partial charge in [-0.25, -0.2) is 4.98 Å². The van der Waals surface area contributed by atoms with Crippen molar-refractivity contribution in [3.05, 3.63) is 28.5 Å². The number of rotatable bonds is 2. The van der Waals surface area contributed by atoms with Crippen molar-refractivity contribution in [1.29, 1.82) is 0 Å². The summed E-state index contributed by atoms with van der Waals surface area (Å²) in [5, 5.41) is 0. The zero-order valence-corrected chi connectivity index (χ0v) is 12.8. The molecule has 0 atom stereocenters. The molecule has 0 aliphatic rings. The monoisotopic (exact) mass is 320 g/mol. The number of amides is 1. The lowest BCUT2D eigenvalue weighted by atomic mass is 9.88. The highest BCUT2D eigenvalue weighted by Crippen LogP contribution is 2.21. The molecule has 1 amide bonds. The summed E-state index contributed by atoms with van der Waals surface area (Å²) in [6.07, 6.45) is 3.28. The van der Waals surface area contributed by atoms with Gasteiger partial charge in [0.15, 0.2) is 0 Å². The zero-order chi connectivity index (χ0) is 13.6. The maximum absolute atomic E-state index is 11.1. The Kier molecular flexibility index (Phi) is 6.56. The molecule has 0 bridgehead atoms. The number of halogens is 1. The van der Waals surface area contributed by atoms with Gasteiger partial charge in [-0.2, -0.15) is 0 Å². The second-order valence-electron chi connectivity index (χ2n) is 4.08. The number of nitrogens with two attached hydrogens (primary N) is 1. The molecule has 0 saturated carbocycles. The second-order valence-corrected chi connectivity index (χ2v) is 6.37. The van der Waals surface area contributed by atoms with Crippen molar-refractivity contribution in [2.45, 2.75) is 19.3 Å². The van der Waals surface area contributed by atoms with Gasteiger partial charge in [-0.05, 0) is 41.9 Å². The highest BCUT2D eigenvalue weighted by atomic mass is 79.9. The standard InChI is InChI=1S/C9H11BrN2O.C2H6OS/c1-9(2,8(11)13)6-4-3-5-7(10)12-6;1-4(2)3/h3-5H,1-2H3,(H2,11,13);1-2H3. The van der Waals surface area contributed by atoms with Crippen LogP contribution in [0.1, 0.15) is 19.5 Å². The maximum Gasteiger partial charge on any atom is 0.229 e. The number of primary amides is 1. The minimum absolute atomic E-state index is 0.377. The van der Waals surface area contributed by atoms with Crippen LogP contribution >= 0.6 is 15.9 Å². The van der Waals surface area contributed by atoms with E-state index in [-0.39, 0.29) is 5.91 Å². The first-order valence-corrected chi connectivity index (χ1v) is 7.62. The second kappa shape index (κ2) is 6.86. The molecule has 0 spiro atoms. The largest absolute Gasteiger partial charge is 0.369 e. The van der Waals surface area contributed by atoms with Crippen LogP contribution in [0.2, 0.25) is 0 Å². The Morgan fingerprint density at radius 2 is 1.88 bits per heavy atom. The molecule has 17 heavy (non-hydrogen) atoms. The van der Waals surface area contributed by atoms with Gasteiger partial charge in [0, 0.05) is 23.3 Å². The fraction of sp³-hybridized carbons (Fsp3) is 0.455. The Morgan fingerprint density at radius 1 is 1.41 bits per heavy atom. The quantitative estimate of drug-likeness (QED) is 0.841. The van der Waals surface area contributed by atoms with E-state index in [9.17, 15) is 9.00 Å². The molecule has 4 nitrogen and oxygen atoms in total. The molecule has 6 heteroatoms. The lowest BCUT2D eigenvalue weighted by Crippen LogP contribution is -2.36. The molecular weight excluding hydrogens is 304 g/mol. The van der Waals surface area contributed by atoms with Crippen LogP contribution in [0.3, 0.4) is 0 Å². The third-order valence-corrected chi connectivity index (χ3v) is 2.41. The van der Waals surface area contributed by atoms with E-state index in [1.165, 1.54) is 0 Å². The van der Waals surface area contributed by atoms with Crippen LogP contribution < -0.4 is 5.73 Å². The lowest BCUT2D eigenvalue weighted by molar-refractivity contribution is -0.122. The highest BCUT2D eigenvalue weighted by Gasteiger charge is 2.28. The Bertz CT molecular complexity index is 418. The summed E-state index contributed by atoms with van der Waals surface area (Å²) in [5.41, 5.74) is 5.21. The van der Waals surface area contributed by atoms with Gasteiger partial charge in [0.25, 0.3) is 0 Å². The number of carbonyl (C=O) groups excluding carboxylic acids is 1. The fourth-order valence-electron chi connectivity index (χ4n) is 0.883. The molecule has 0 fully saturated rings. The van der Waals surface area contributed by atoms with Gasteiger partial charge in [0.2, 0.25) is 5.91 Å². The minimum atomic E-state index is -0.718. The first-order valence-electron chi connectivity index (χ1n) is 4.86. The third-order valence-electron chi connectivity index (χ3n) is 1.97. The molecule has 0 saturated heterocycles. The van der Waals surface area contributed by atoms with Gasteiger partial charge in [-0.3, -0.25) is 9.00 Å². The van der Waals surface area contributed by atoms with Gasteiger partial charge in [0.1, 0.15) is 4.60 Å². The van der Waals surface area contributed by atoms with E-state index in [0.29, 0.717) is 10.3 Å². The Balaban J connectivity index is 0.000000557. The van der Waals surface area contributed by atoms with E-state index < -0.39 is 16.2 Å². The van der Waals surface area contributed by atoms with Crippen LogP contribution in [0, 0.1) is 0 Å².